The first-order valence-electron chi connectivity index (χ1n) is 9.12. The molecule has 0 spiro atoms. The second-order valence-corrected chi connectivity index (χ2v) is 6.38. The highest BCUT2D eigenvalue weighted by molar-refractivity contribution is 6.02. The van der Waals surface area contributed by atoms with E-state index in [-0.39, 0.29) is 28.4 Å². The molecule has 0 aliphatic rings. The van der Waals surface area contributed by atoms with E-state index in [0.717, 1.165) is 5.56 Å². The van der Waals surface area contributed by atoms with Crippen LogP contribution in [0, 0.1) is 0 Å². The zero-order chi connectivity index (χ0) is 22.1. The zero-order valence-electron chi connectivity index (χ0n) is 17.0. The van der Waals surface area contributed by atoms with Crippen LogP contribution in [0.25, 0.3) is 0 Å². The third kappa shape index (κ3) is 5.66. The number of rotatable bonds is 10. The molecule has 0 aliphatic carbocycles. The van der Waals surface area contributed by atoms with E-state index in [0.29, 0.717) is 12.7 Å². The first-order chi connectivity index (χ1) is 14.4. The number of carbonyl (C=O) groups is 4. The average molecular weight is 413 g/mol. The maximum atomic E-state index is 12.5. The van der Waals surface area contributed by atoms with Crippen LogP contribution in [0.3, 0.4) is 0 Å². The molecule has 8 nitrogen and oxygen atoms in total. The van der Waals surface area contributed by atoms with Gasteiger partial charge in [0.15, 0.2) is 30.2 Å². The summed E-state index contributed by atoms with van der Waals surface area (Å²) in [6.45, 7) is 0.743. The van der Waals surface area contributed by atoms with Gasteiger partial charge in [0, 0.05) is 5.56 Å². The molecule has 30 heavy (non-hydrogen) atoms. The zero-order valence-corrected chi connectivity index (χ0v) is 17.0. The van der Waals surface area contributed by atoms with Crippen molar-refractivity contribution in [3.8, 4) is 11.5 Å². The molecule has 158 valence electrons. The van der Waals surface area contributed by atoms with E-state index in [9.17, 15) is 19.2 Å². The van der Waals surface area contributed by atoms with Gasteiger partial charge < -0.3 is 19.5 Å². The summed E-state index contributed by atoms with van der Waals surface area (Å²) in [5, 5.41) is 2.56. The number of methoxy groups -OCH3 is 2. The van der Waals surface area contributed by atoms with E-state index in [1.54, 1.807) is 0 Å². The first-order valence-corrected chi connectivity index (χ1v) is 9.12. The van der Waals surface area contributed by atoms with Crippen LogP contribution in [0.4, 0.5) is 0 Å². The van der Waals surface area contributed by atoms with Crippen molar-refractivity contribution < 1.29 is 33.4 Å². The number of carbonyl (C=O) groups excluding carboxylic acids is 4. The highest BCUT2D eigenvalue weighted by Gasteiger charge is 2.24. The quantitative estimate of drug-likeness (QED) is 0.469. The number of amides is 1. The van der Waals surface area contributed by atoms with Gasteiger partial charge in [-0.05, 0) is 31.0 Å². The highest BCUT2D eigenvalue weighted by Crippen LogP contribution is 2.33. The summed E-state index contributed by atoms with van der Waals surface area (Å²) in [6, 6.07) is 11.3. The fourth-order valence-electron chi connectivity index (χ4n) is 2.84. The summed E-state index contributed by atoms with van der Waals surface area (Å²) in [6.07, 6.45) is 0.791. The number of ether oxygens (including phenoxy) is 3. The smallest absolute Gasteiger partial charge is 0.343 e. The van der Waals surface area contributed by atoms with E-state index in [1.165, 1.54) is 33.3 Å². The molecule has 0 fully saturated rings. The molecular formula is C22H23NO7. The minimum atomic E-state index is -0.926. The molecule has 1 amide bonds. The Kier molecular flexibility index (Phi) is 8.10. The molecule has 2 aromatic rings. The van der Waals surface area contributed by atoms with Gasteiger partial charge in [0.1, 0.15) is 5.56 Å². The van der Waals surface area contributed by atoms with Gasteiger partial charge in [-0.25, -0.2) is 4.79 Å². The van der Waals surface area contributed by atoms with Gasteiger partial charge in [0.25, 0.3) is 5.91 Å². The van der Waals surface area contributed by atoms with Gasteiger partial charge in [-0.3, -0.25) is 14.4 Å². The van der Waals surface area contributed by atoms with Crippen LogP contribution in [-0.2, 0) is 20.7 Å². The maximum absolute atomic E-state index is 12.5. The lowest BCUT2D eigenvalue weighted by atomic mass is 10.0. The van der Waals surface area contributed by atoms with E-state index in [1.807, 2.05) is 30.3 Å². The third-order valence-corrected chi connectivity index (χ3v) is 4.35. The third-order valence-electron chi connectivity index (χ3n) is 4.35. The second-order valence-electron chi connectivity index (χ2n) is 6.38. The topological polar surface area (TPSA) is 108 Å². The number of ketones is 1. The fourth-order valence-corrected chi connectivity index (χ4v) is 2.84. The van der Waals surface area contributed by atoms with Crippen molar-refractivity contribution in [2.45, 2.75) is 19.4 Å². The van der Waals surface area contributed by atoms with Crippen molar-refractivity contribution in [2.24, 2.45) is 0 Å². The minimum absolute atomic E-state index is 0.0261. The van der Waals surface area contributed by atoms with Crippen molar-refractivity contribution in [3.05, 3.63) is 59.2 Å². The lowest BCUT2D eigenvalue weighted by Gasteiger charge is -2.17. The van der Waals surface area contributed by atoms with Crippen molar-refractivity contribution in [2.75, 3.05) is 20.8 Å². The molecule has 0 aliphatic heterocycles. The Bertz CT molecular complexity index is 925. The molecule has 8 heteroatoms. The van der Waals surface area contributed by atoms with Gasteiger partial charge >= 0.3 is 5.97 Å². The predicted molar refractivity (Wildman–Crippen MR) is 108 cm³/mol. The van der Waals surface area contributed by atoms with E-state index in [4.69, 9.17) is 14.2 Å². The molecule has 0 bridgehead atoms. The summed E-state index contributed by atoms with van der Waals surface area (Å²) >= 11 is 0. The SMILES string of the molecule is COc1ccc(C=O)c(C(=O)OCC(=O)N[C@H](Cc2ccccc2)C(C)=O)c1OC. The summed E-state index contributed by atoms with van der Waals surface area (Å²) in [5.74, 6) is -1.53. The number of hydrogen-bond acceptors (Lipinski definition) is 7. The number of nitrogens with one attached hydrogen (secondary N) is 1. The Morgan fingerprint density at radius 1 is 1.03 bits per heavy atom. The predicted octanol–water partition coefficient (Wildman–Crippen LogP) is 1.99. The van der Waals surface area contributed by atoms with Crippen LogP contribution < -0.4 is 14.8 Å². The van der Waals surface area contributed by atoms with E-state index in [2.05, 4.69) is 5.32 Å². The second kappa shape index (κ2) is 10.8. The molecule has 2 aromatic carbocycles. The Morgan fingerprint density at radius 3 is 2.30 bits per heavy atom. The van der Waals surface area contributed by atoms with Crippen LogP contribution >= 0.6 is 0 Å². The van der Waals surface area contributed by atoms with Crippen molar-refractivity contribution >= 4 is 23.9 Å². The summed E-state index contributed by atoms with van der Waals surface area (Å²) in [5.41, 5.74) is 0.766. The van der Waals surface area contributed by atoms with Gasteiger partial charge in [0.2, 0.25) is 0 Å². The van der Waals surface area contributed by atoms with Crippen LogP contribution in [0.1, 0.15) is 33.2 Å². The molecule has 0 unspecified atom stereocenters. The van der Waals surface area contributed by atoms with E-state index >= 15 is 0 Å². The van der Waals surface area contributed by atoms with Crippen LogP contribution in [-0.4, -0.2) is 50.8 Å². The Morgan fingerprint density at radius 2 is 1.73 bits per heavy atom. The molecule has 1 N–H and O–H groups in total. The number of Topliss-reactive ketones (excluding diaryl/α,β-unsaturated/α-hetero) is 1. The molecule has 0 radical (unpaired) electrons. The largest absolute Gasteiger partial charge is 0.493 e. The summed E-state index contributed by atoms with van der Waals surface area (Å²) in [4.78, 5) is 48.0. The Labute approximate surface area is 174 Å². The van der Waals surface area contributed by atoms with Gasteiger partial charge in [-0.15, -0.1) is 0 Å². The van der Waals surface area contributed by atoms with Crippen LogP contribution in [0.2, 0.25) is 0 Å². The lowest BCUT2D eigenvalue weighted by molar-refractivity contribution is -0.128. The normalized spacial score (nSPS) is 11.2. The molecule has 2 rings (SSSR count). The van der Waals surface area contributed by atoms with Gasteiger partial charge in [-0.2, -0.15) is 0 Å². The fraction of sp³-hybridized carbons (Fsp3) is 0.273. The Balaban J connectivity index is 2.07. The molecule has 0 heterocycles. The average Bonchev–Trinajstić information content (AvgIpc) is 2.76. The minimum Gasteiger partial charge on any atom is -0.493 e. The van der Waals surface area contributed by atoms with Gasteiger partial charge in [0.05, 0.1) is 20.3 Å². The molecule has 0 aromatic heterocycles. The van der Waals surface area contributed by atoms with Crippen molar-refractivity contribution in [1.82, 2.24) is 5.32 Å². The number of hydrogen-bond donors (Lipinski definition) is 1. The first kappa shape index (κ1) is 22.6. The monoisotopic (exact) mass is 413 g/mol. The number of benzene rings is 2. The van der Waals surface area contributed by atoms with Crippen molar-refractivity contribution in [3.63, 3.8) is 0 Å². The Hall–Kier alpha value is -3.68. The number of esters is 1. The maximum Gasteiger partial charge on any atom is 0.343 e. The summed E-state index contributed by atoms with van der Waals surface area (Å²) in [7, 11) is 2.70. The van der Waals surface area contributed by atoms with Gasteiger partial charge in [-0.1, -0.05) is 30.3 Å². The van der Waals surface area contributed by atoms with Crippen LogP contribution in [0.15, 0.2) is 42.5 Å². The number of aldehydes is 1. The summed E-state index contributed by atoms with van der Waals surface area (Å²) < 4.78 is 15.3. The molecule has 1 atom stereocenters. The van der Waals surface area contributed by atoms with E-state index < -0.39 is 24.5 Å². The lowest BCUT2D eigenvalue weighted by Crippen LogP contribution is -2.43. The molecule has 0 saturated heterocycles. The molecular weight excluding hydrogens is 390 g/mol. The standard InChI is InChI=1S/C22H23NO7/c1-14(25)17(11-15-7-5-4-6-8-15)23-19(26)13-30-22(27)20-16(12-24)9-10-18(28-2)21(20)29-3/h4-10,12,17H,11,13H2,1-3H3,(H,23,26)/t17-/m1/s1. The van der Waals surface area contributed by atoms with Crippen LogP contribution in [0.5, 0.6) is 11.5 Å². The molecule has 0 saturated carbocycles. The highest BCUT2D eigenvalue weighted by atomic mass is 16.5. The van der Waals surface area contributed by atoms with Crippen molar-refractivity contribution in [1.29, 1.82) is 0 Å².